The molecule has 27 heavy (non-hydrogen) atoms. The summed E-state index contributed by atoms with van der Waals surface area (Å²) < 4.78 is 43.0. The quantitative estimate of drug-likeness (QED) is 0.328. The van der Waals surface area contributed by atoms with Crippen molar-refractivity contribution in [3.63, 3.8) is 0 Å². The predicted molar refractivity (Wildman–Crippen MR) is 93.7 cm³/mol. The lowest BCUT2D eigenvalue weighted by molar-refractivity contribution is -0.384. The molecule has 0 unspecified atom stereocenters. The first-order chi connectivity index (χ1) is 12.7. The van der Waals surface area contributed by atoms with Crippen LogP contribution in [0.1, 0.15) is 11.1 Å². The maximum absolute atomic E-state index is 12.7. The van der Waals surface area contributed by atoms with Gasteiger partial charge in [0.05, 0.1) is 24.1 Å². The van der Waals surface area contributed by atoms with Gasteiger partial charge in [0.2, 0.25) is 0 Å². The van der Waals surface area contributed by atoms with Gasteiger partial charge in [-0.05, 0) is 24.3 Å². The SMILES string of the molecule is COc1cccc(C=NCCNc2ccc(C(F)(F)F)cc2[N+](=O)[O-])c1O. The summed E-state index contributed by atoms with van der Waals surface area (Å²) in [6, 6.07) is 7.14. The van der Waals surface area contributed by atoms with Crippen LogP contribution in [0.4, 0.5) is 24.5 Å². The second-order valence-corrected chi connectivity index (χ2v) is 5.35. The van der Waals surface area contributed by atoms with Crippen LogP contribution in [0.3, 0.4) is 0 Å². The van der Waals surface area contributed by atoms with Crippen molar-refractivity contribution in [1.29, 1.82) is 0 Å². The van der Waals surface area contributed by atoms with Crippen LogP contribution in [-0.4, -0.2) is 36.4 Å². The molecule has 0 atom stereocenters. The summed E-state index contributed by atoms with van der Waals surface area (Å²) in [7, 11) is 1.41. The summed E-state index contributed by atoms with van der Waals surface area (Å²) >= 11 is 0. The summed E-state index contributed by atoms with van der Waals surface area (Å²) in [6.07, 6.45) is -3.26. The van der Waals surface area contributed by atoms with Gasteiger partial charge in [-0.2, -0.15) is 13.2 Å². The van der Waals surface area contributed by atoms with Gasteiger partial charge >= 0.3 is 6.18 Å². The van der Waals surface area contributed by atoms with Crippen LogP contribution < -0.4 is 10.1 Å². The number of aliphatic imine (C=N–C) groups is 1. The summed E-state index contributed by atoms with van der Waals surface area (Å²) in [6.45, 7) is 0.322. The van der Waals surface area contributed by atoms with Gasteiger partial charge in [0.25, 0.3) is 5.69 Å². The monoisotopic (exact) mass is 383 g/mol. The molecule has 7 nitrogen and oxygen atoms in total. The number of phenols is 1. The van der Waals surface area contributed by atoms with Crippen molar-refractivity contribution in [2.24, 2.45) is 4.99 Å². The van der Waals surface area contributed by atoms with Crippen LogP contribution in [0.15, 0.2) is 41.4 Å². The summed E-state index contributed by atoms with van der Waals surface area (Å²) in [5.74, 6) is 0.215. The second kappa shape index (κ2) is 8.39. The number of anilines is 1. The largest absolute Gasteiger partial charge is 0.504 e. The number of nitro benzene ring substituents is 1. The number of hydrogen-bond donors (Lipinski definition) is 2. The van der Waals surface area contributed by atoms with Crippen LogP contribution in [-0.2, 0) is 6.18 Å². The fraction of sp³-hybridized carbons (Fsp3) is 0.235. The van der Waals surface area contributed by atoms with E-state index >= 15 is 0 Å². The molecule has 2 aromatic carbocycles. The molecule has 0 bridgehead atoms. The van der Waals surface area contributed by atoms with Gasteiger partial charge in [-0.3, -0.25) is 15.1 Å². The topological polar surface area (TPSA) is 97.0 Å². The molecule has 0 spiro atoms. The minimum atomic E-state index is -4.66. The average Bonchev–Trinajstić information content (AvgIpc) is 2.61. The molecule has 0 amide bonds. The normalized spacial score (nSPS) is 11.6. The summed E-state index contributed by atoms with van der Waals surface area (Å²) in [5, 5.41) is 23.6. The number of nitrogens with one attached hydrogen (secondary N) is 1. The molecule has 2 N–H and O–H groups in total. The highest BCUT2D eigenvalue weighted by Crippen LogP contribution is 2.34. The molecule has 144 valence electrons. The zero-order valence-electron chi connectivity index (χ0n) is 14.2. The molecule has 0 saturated carbocycles. The second-order valence-electron chi connectivity index (χ2n) is 5.35. The highest BCUT2D eigenvalue weighted by atomic mass is 19.4. The van der Waals surface area contributed by atoms with Gasteiger partial charge in [-0.25, -0.2) is 0 Å². The van der Waals surface area contributed by atoms with Gasteiger partial charge in [0.1, 0.15) is 5.69 Å². The van der Waals surface area contributed by atoms with E-state index in [1.165, 1.54) is 13.3 Å². The first-order valence-corrected chi connectivity index (χ1v) is 7.69. The number of benzene rings is 2. The van der Waals surface area contributed by atoms with E-state index < -0.39 is 22.4 Å². The molecule has 0 aromatic heterocycles. The predicted octanol–water partition coefficient (Wildman–Crippen LogP) is 3.86. The maximum Gasteiger partial charge on any atom is 0.416 e. The van der Waals surface area contributed by atoms with E-state index in [2.05, 4.69) is 10.3 Å². The van der Waals surface area contributed by atoms with E-state index in [-0.39, 0.29) is 30.3 Å². The molecule has 0 radical (unpaired) electrons. The van der Waals surface area contributed by atoms with Gasteiger partial charge in [-0.15, -0.1) is 0 Å². The van der Waals surface area contributed by atoms with E-state index in [9.17, 15) is 28.4 Å². The van der Waals surface area contributed by atoms with E-state index in [1.807, 2.05) is 0 Å². The van der Waals surface area contributed by atoms with Gasteiger partial charge < -0.3 is 15.2 Å². The standard InChI is InChI=1S/C17H16F3N3O4/c1-27-15-4-2-3-11(16(15)24)10-21-7-8-22-13-6-5-12(17(18,19)20)9-14(13)23(25)26/h2-6,9-10,22,24H,7-8H2,1H3. The van der Waals surface area contributed by atoms with Gasteiger partial charge in [-0.1, -0.05) is 6.07 Å². The molecule has 2 rings (SSSR count). The third-order valence-electron chi connectivity index (χ3n) is 3.56. The molecule has 10 heteroatoms. The number of aromatic hydroxyl groups is 1. The van der Waals surface area contributed by atoms with E-state index in [0.717, 1.165) is 12.1 Å². The highest BCUT2D eigenvalue weighted by Gasteiger charge is 2.32. The Morgan fingerprint density at radius 2 is 2.07 bits per heavy atom. The Morgan fingerprint density at radius 1 is 1.33 bits per heavy atom. The van der Waals surface area contributed by atoms with Crippen molar-refractivity contribution < 1.29 is 27.9 Å². The van der Waals surface area contributed by atoms with Crippen LogP contribution >= 0.6 is 0 Å². The van der Waals surface area contributed by atoms with Crippen molar-refractivity contribution in [3.05, 3.63) is 57.6 Å². The fourth-order valence-corrected chi connectivity index (χ4v) is 2.23. The first-order valence-electron chi connectivity index (χ1n) is 7.69. The first kappa shape index (κ1) is 20.0. The van der Waals surface area contributed by atoms with Crippen LogP contribution in [0, 0.1) is 10.1 Å². The minimum Gasteiger partial charge on any atom is -0.504 e. The Kier molecular flexibility index (Phi) is 6.22. The Hall–Kier alpha value is -3.30. The summed E-state index contributed by atoms with van der Waals surface area (Å²) in [5.41, 5.74) is -1.37. The lowest BCUT2D eigenvalue weighted by atomic mass is 10.1. The van der Waals surface area contributed by atoms with Crippen LogP contribution in [0.25, 0.3) is 0 Å². The third kappa shape index (κ3) is 5.09. The number of methoxy groups -OCH3 is 1. The Balaban J connectivity index is 2.02. The molecular weight excluding hydrogens is 367 g/mol. The fourth-order valence-electron chi connectivity index (χ4n) is 2.23. The highest BCUT2D eigenvalue weighted by molar-refractivity contribution is 5.84. The lowest BCUT2D eigenvalue weighted by Gasteiger charge is -2.10. The number of para-hydroxylation sites is 1. The summed E-state index contributed by atoms with van der Waals surface area (Å²) in [4.78, 5) is 14.2. The number of hydrogen-bond acceptors (Lipinski definition) is 6. The van der Waals surface area contributed by atoms with Crippen LogP contribution in [0.5, 0.6) is 11.5 Å². The van der Waals surface area contributed by atoms with Crippen LogP contribution in [0.2, 0.25) is 0 Å². The van der Waals surface area contributed by atoms with Crippen molar-refractivity contribution >= 4 is 17.6 Å². The Morgan fingerprint density at radius 3 is 2.70 bits per heavy atom. The van der Waals surface area contributed by atoms with Gasteiger partial charge in [0, 0.05) is 24.4 Å². The molecule has 0 aliphatic heterocycles. The zero-order valence-corrected chi connectivity index (χ0v) is 14.2. The molecule has 0 aliphatic carbocycles. The number of phenolic OH excluding ortho intramolecular Hbond substituents is 1. The Bertz CT molecular complexity index is 854. The van der Waals surface area contributed by atoms with E-state index in [1.54, 1.807) is 18.2 Å². The maximum atomic E-state index is 12.7. The number of rotatable bonds is 7. The molecule has 0 heterocycles. The minimum absolute atomic E-state index is 0.0348. The van der Waals surface area contributed by atoms with E-state index in [0.29, 0.717) is 11.6 Å². The smallest absolute Gasteiger partial charge is 0.416 e. The third-order valence-corrected chi connectivity index (χ3v) is 3.56. The average molecular weight is 383 g/mol. The number of nitro groups is 1. The number of ether oxygens (including phenoxy) is 1. The van der Waals surface area contributed by atoms with Crippen molar-refractivity contribution in [2.45, 2.75) is 6.18 Å². The molecular formula is C17H16F3N3O4. The number of alkyl halides is 3. The molecule has 0 fully saturated rings. The zero-order chi connectivity index (χ0) is 20.0. The van der Waals surface area contributed by atoms with Crippen molar-refractivity contribution in [2.75, 3.05) is 25.5 Å². The number of halogens is 3. The molecule has 0 saturated heterocycles. The molecule has 2 aromatic rings. The van der Waals surface area contributed by atoms with Gasteiger partial charge in [0.15, 0.2) is 11.5 Å². The van der Waals surface area contributed by atoms with Crippen molar-refractivity contribution in [3.8, 4) is 11.5 Å². The molecule has 0 aliphatic rings. The Labute approximate surface area is 152 Å². The van der Waals surface area contributed by atoms with E-state index in [4.69, 9.17) is 4.74 Å². The van der Waals surface area contributed by atoms with Crippen molar-refractivity contribution in [1.82, 2.24) is 0 Å². The lowest BCUT2D eigenvalue weighted by Crippen LogP contribution is -2.10. The number of nitrogens with zero attached hydrogens (tertiary/aromatic N) is 2.